The lowest BCUT2D eigenvalue weighted by molar-refractivity contribution is 0.266. The Morgan fingerprint density at radius 2 is 2.12 bits per heavy atom. The highest BCUT2D eigenvalue weighted by Gasteiger charge is 2.13. The Labute approximate surface area is 144 Å². The summed E-state index contributed by atoms with van der Waals surface area (Å²) in [5.74, 6) is 1.83. The van der Waals surface area contributed by atoms with Gasteiger partial charge in [0, 0.05) is 12.7 Å². The zero-order chi connectivity index (χ0) is 16.8. The van der Waals surface area contributed by atoms with E-state index in [1.807, 2.05) is 31.6 Å². The Bertz CT molecular complexity index is 622. The third kappa shape index (κ3) is 5.19. The van der Waals surface area contributed by atoms with Gasteiger partial charge in [-0.15, -0.1) is 0 Å². The first-order valence-corrected chi connectivity index (χ1v) is 7.86. The molecule has 1 atom stereocenters. The van der Waals surface area contributed by atoms with Crippen molar-refractivity contribution in [3.63, 3.8) is 0 Å². The average molecular weight is 335 g/mol. The summed E-state index contributed by atoms with van der Waals surface area (Å²) in [5.41, 5.74) is 1.93. The van der Waals surface area contributed by atoms with E-state index in [2.05, 4.69) is 27.3 Å². The van der Waals surface area contributed by atoms with Crippen LogP contribution in [-0.4, -0.2) is 37.5 Å². The van der Waals surface area contributed by atoms with E-state index in [0.717, 1.165) is 24.2 Å². The summed E-state index contributed by atoms with van der Waals surface area (Å²) in [7, 11) is 1.90. The van der Waals surface area contributed by atoms with Crippen LogP contribution >= 0.6 is 0 Å². The molecule has 0 radical (unpaired) electrons. The molecule has 0 aliphatic rings. The zero-order valence-corrected chi connectivity index (χ0v) is 14.2. The fourth-order valence-electron chi connectivity index (χ4n) is 2.28. The minimum Gasteiger partial charge on any atom is -0.482 e. The normalized spacial score (nSPS) is 11.7. The Morgan fingerprint density at radius 1 is 1.38 bits per heavy atom. The van der Waals surface area contributed by atoms with Crippen LogP contribution in [0.4, 0.5) is 5.82 Å². The van der Waals surface area contributed by atoms with Crippen LogP contribution in [0.15, 0.2) is 12.3 Å². The molecule has 0 fully saturated rings. The van der Waals surface area contributed by atoms with Gasteiger partial charge >= 0.3 is 0 Å². The molecular weight excluding hydrogens is 306 g/mol. The molecule has 1 unspecified atom stereocenters. The molecule has 2 rings (SSSR count). The fraction of sp³-hybridized carbons (Fsp3) is 0.588. The number of hydrogen-bond acceptors (Lipinski definition) is 6. The summed E-state index contributed by atoms with van der Waals surface area (Å²) >= 11 is 0. The van der Waals surface area contributed by atoms with Gasteiger partial charge in [0.15, 0.2) is 11.6 Å². The van der Waals surface area contributed by atoms with E-state index in [4.69, 9.17) is 4.74 Å². The van der Waals surface area contributed by atoms with E-state index in [0.29, 0.717) is 24.0 Å². The number of aromatic nitrogens is 4. The molecule has 0 spiro atoms. The lowest BCUT2D eigenvalue weighted by Crippen LogP contribution is -2.24. The van der Waals surface area contributed by atoms with E-state index in [1.165, 1.54) is 0 Å². The van der Waals surface area contributed by atoms with E-state index in [-0.39, 0.29) is 20.1 Å². The van der Waals surface area contributed by atoms with Gasteiger partial charge in [-0.1, -0.05) is 20.8 Å². The third-order valence-electron chi connectivity index (χ3n) is 3.61. The molecule has 2 N–H and O–H groups in total. The fourth-order valence-corrected chi connectivity index (χ4v) is 2.28. The number of anilines is 1. The van der Waals surface area contributed by atoms with Crippen molar-refractivity contribution in [2.24, 2.45) is 7.05 Å². The number of ether oxygens (including phenoxy) is 1. The monoisotopic (exact) mass is 335 g/mol. The molecule has 7 nitrogen and oxygen atoms in total. The molecule has 0 saturated heterocycles. The van der Waals surface area contributed by atoms with Crippen molar-refractivity contribution >= 4 is 5.82 Å². The predicted octanol–water partition coefficient (Wildman–Crippen LogP) is 2.61. The predicted molar refractivity (Wildman–Crippen MR) is 95.2 cm³/mol. The van der Waals surface area contributed by atoms with Crippen molar-refractivity contribution in [3.05, 3.63) is 29.5 Å². The lowest BCUT2D eigenvalue weighted by Gasteiger charge is -2.18. The molecule has 0 aromatic carbocycles. The first kappa shape index (κ1) is 19.9. The summed E-state index contributed by atoms with van der Waals surface area (Å²) in [6.07, 6.45) is 3.49. The maximum absolute atomic E-state index is 9.46. The Morgan fingerprint density at radius 3 is 2.71 bits per heavy atom. The molecule has 7 heteroatoms. The molecule has 2 heterocycles. The van der Waals surface area contributed by atoms with Crippen molar-refractivity contribution in [3.8, 4) is 5.75 Å². The second kappa shape index (κ2) is 9.22. The first-order valence-electron chi connectivity index (χ1n) is 7.86. The average Bonchev–Trinajstić information content (AvgIpc) is 2.84. The molecule has 0 aliphatic carbocycles. The van der Waals surface area contributed by atoms with Crippen LogP contribution in [0.3, 0.4) is 0 Å². The highest BCUT2D eigenvalue weighted by atomic mass is 16.5. The summed E-state index contributed by atoms with van der Waals surface area (Å²) in [6.45, 7) is 6.30. The van der Waals surface area contributed by atoms with E-state index < -0.39 is 0 Å². The van der Waals surface area contributed by atoms with Gasteiger partial charge in [-0.3, -0.25) is 4.68 Å². The number of nitrogens with zero attached hydrogens (tertiary/aromatic N) is 4. The summed E-state index contributed by atoms with van der Waals surface area (Å²) in [5, 5.41) is 17.1. The topological polar surface area (TPSA) is 85.1 Å². The smallest absolute Gasteiger partial charge is 0.180 e. The Kier molecular flexibility index (Phi) is 7.64. The third-order valence-corrected chi connectivity index (χ3v) is 3.61. The summed E-state index contributed by atoms with van der Waals surface area (Å²) in [6, 6.07) is 1.93. The molecule has 24 heavy (non-hydrogen) atoms. The number of nitrogens with one attached hydrogen (secondary N) is 1. The maximum atomic E-state index is 9.46. The number of rotatable bonds is 8. The van der Waals surface area contributed by atoms with Crippen molar-refractivity contribution in [1.82, 2.24) is 19.7 Å². The number of aliphatic hydroxyl groups is 1. The molecular formula is C17H29N5O2. The lowest BCUT2D eigenvalue weighted by atomic mass is 10.2. The molecule has 0 amide bonds. The van der Waals surface area contributed by atoms with Gasteiger partial charge in [0.25, 0.3) is 0 Å². The molecule has 2 aromatic rings. The second-order valence-electron chi connectivity index (χ2n) is 5.63. The number of hydrogen-bond donors (Lipinski definition) is 2. The van der Waals surface area contributed by atoms with Gasteiger partial charge in [0.05, 0.1) is 18.8 Å². The standard InChI is InChI=1S/C16H25N5O2.CH4/c1-5-6-13(9-22)19-16-15(8-17-12(3)18-16)23-10-14-7-11(2)21(4)20-14;/h7-8,13,22H,5-6,9-10H2,1-4H3,(H,17,18,19);1H4. The van der Waals surface area contributed by atoms with E-state index in [1.54, 1.807) is 6.20 Å². The minimum absolute atomic E-state index is 0. The Balaban J connectivity index is 0.00000288. The van der Waals surface area contributed by atoms with Gasteiger partial charge < -0.3 is 15.2 Å². The van der Waals surface area contributed by atoms with Crippen molar-refractivity contribution in [2.75, 3.05) is 11.9 Å². The summed E-state index contributed by atoms with van der Waals surface area (Å²) < 4.78 is 7.64. The van der Waals surface area contributed by atoms with Crippen LogP contribution in [0.1, 0.15) is 44.4 Å². The number of aliphatic hydroxyl groups excluding tert-OH is 1. The molecule has 0 saturated carbocycles. The molecule has 2 aromatic heterocycles. The van der Waals surface area contributed by atoms with Crippen LogP contribution in [0.5, 0.6) is 5.75 Å². The number of aryl methyl sites for hydroxylation is 3. The van der Waals surface area contributed by atoms with Crippen molar-refractivity contribution < 1.29 is 9.84 Å². The maximum Gasteiger partial charge on any atom is 0.180 e. The van der Waals surface area contributed by atoms with Gasteiger partial charge in [-0.2, -0.15) is 5.10 Å². The quantitative estimate of drug-likeness (QED) is 0.771. The highest BCUT2D eigenvalue weighted by Crippen LogP contribution is 2.23. The van der Waals surface area contributed by atoms with Crippen LogP contribution < -0.4 is 10.1 Å². The first-order chi connectivity index (χ1) is 11.0. The Hall–Kier alpha value is -2.15. The second-order valence-corrected chi connectivity index (χ2v) is 5.63. The van der Waals surface area contributed by atoms with Crippen LogP contribution in [0.2, 0.25) is 0 Å². The largest absolute Gasteiger partial charge is 0.482 e. The SMILES string of the molecule is C.CCCC(CO)Nc1nc(C)ncc1OCc1cc(C)n(C)n1. The zero-order valence-electron chi connectivity index (χ0n) is 14.2. The van der Waals surface area contributed by atoms with Gasteiger partial charge in [0.1, 0.15) is 18.1 Å². The van der Waals surface area contributed by atoms with E-state index in [9.17, 15) is 5.11 Å². The molecule has 0 aliphatic heterocycles. The van der Waals surface area contributed by atoms with Crippen LogP contribution in [-0.2, 0) is 13.7 Å². The van der Waals surface area contributed by atoms with Gasteiger partial charge in [0.2, 0.25) is 0 Å². The minimum atomic E-state index is -0.0475. The van der Waals surface area contributed by atoms with Crippen LogP contribution in [0, 0.1) is 13.8 Å². The van der Waals surface area contributed by atoms with Crippen LogP contribution in [0.25, 0.3) is 0 Å². The summed E-state index contributed by atoms with van der Waals surface area (Å²) in [4.78, 5) is 8.58. The molecule has 134 valence electrons. The van der Waals surface area contributed by atoms with Gasteiger partial charge in [-0.25, -0.2) is 9.97 Å². The van der Waals surface area contributed by atoms with E-state index >= 15 is 0 Å². The van der Waals surface area contributed by atoms with Gasteiger partial charge in [-0.05, 0) is 26.3 Å². The van der Waals surface area contributed by atoms with Crippen molar-refractivity contribution in [2.45, 2.75) is 53.7 Å². The highest BCUT2D eigenvalue weighted by molar-refractivity contribution is 5.49. The van der Waals surface area contributed by atoms with Crippen molar-refractivity contribution in [1.29, 1.82) is 0 Å². The molecule has 0 bridgehead atoms.